The molecule has 2 aromatic rings. The first-order valence-electron chi connectivity index (χ1n) is 11.0. The van der Waals surface area contributed by atoms with Crippen LogP contribution in [0.1, 0.15) is 55.3 Å². The summed E-state index contributed by atoms with van der Waals surface area (Å²) >= 11 is 5.16. The Balaban J connectivity index is 1.33. The van der Waals surface area contributed by atoms with Gasteiger partial charge in [0.15, 0.2) is 4.77 Å². The second kappa shape index (κ2) is 9.21. The van der Waals surface area contributed by atoms with E-state index in [2.05, 4.69) is 15.6 Å². The van der Waals surface area contributed by atoms with Crippen molar-refractivity contribution in [2.24, 2.45) is 7.05 Å². The van der Waals surface area contributed by atoms with Gasteiger partial charge in [0.05, 0.1) is 10.9 Å². The summed E-state index contributed by atoms with van der Waals surface area (Å²) in [4.78, 5) is 42.4. The molecule has 0 bridgehead atoms. The Morgan fingerprint density at radius 2 is 1.71 bits per heavy atom. The number of aromatic amines is 1. The predicted octanol–water partition coefficient (Wildman–Crippen LogP) is 2.83. The zero-order chi connectivity index (χ0) is 22.0. The number of fused-ring (bicyclic) bond motifs is 1. The number of carbonyl (C=O) groups excluding carboxylic acids is 2. The molecule has 4 rings (SSSR count). The van der Waals surface area contributed by atoms with Gasteiger partial charge in [-0.05, 0) is 56.1 Å². The lowest BCUT2D eigenvalue weighted by Crippen LogP contribution is -2.51. The predicted molar refractivity (Wildman–Crippen MR) is 122 cm³/mol. The zero-order valence-electron chi connectivity index (χ0n) is 17.8. The van der Waals surface area contributed by atoms with Crippen LogP contribution in [0.4, 0.5) is 4.79 Å². The maximum atomic E-state index is 12.7. The van der Waals surface area contributed by atoms with Gasteiger partial charge >= 0.3 is 6.03 Å². The molecule has 3 amide bonds. The van der Waals surface area contributed by atoms with Gasteiger partial charge in [0.2, 0.25) is 0 Å². The highest BCUT2D eigenvalue weighted by Crippen LogP contribution is 2.19. The molecule has 1 aromatic carbocycles. The van der Waals surface area contributed by atoms with Gasteiger partial charge in [-0.25, -0.2) is 4.79 Å². The summed E-state index contributed by atoms with van der Waals surface area (Å²) in [6.45, 7) is 1.26. The summed E-state index contributed by atoms with van der Waals surface area (Å²) in [6.07, 6.45) is 7.22. The van der Waals surface area contributed by atoms with Crippen molar-refractivity contribution in [3.05, 3.63) is 38.9 Å². The van der Waals surface area contributed by atoms with Crippen LogP contribution in [-0.4, -0.2) is 51.6 Å². The number of urea groups is 1. The third-order valence-electron chi connectivity index (χ3n) is 6.41. The highest BCUT2D eigenvalue weighted by molar-refractivity contribution is 7.71. The molecule has 9 heteroatoms. The number of aromatic nitrogens is 2. The van der Waals surface area contributed by atoms with E-state index < -0.39 is 0 Å². The monoisotopic (exact) mass is 443 g/mol. The van der Waals surface area contributed by atoms with Crippen molar-refractivity contribution in [2.75, 3.05) is 13.1 Å². The summed E-state index contributed by atoms with van der Waals surface area (Å²) in [5.74, 6) is -0.188. The number of amides is 3. The SMILES string of the molecule is Cn1c(=S)[nH]c2cc(C(=O)NC3CCN(C(=O)NC4CCCCC4)CC3)ccc2c1=O. The van der Waals surface area contributed by atoms with Crippen LogP contribution in [0.15, 0.2) is 23.0 Å². The molecule has 2 fully saturated rings. The highest BCUT2D eigenvalue weighted by atomic mass is 32.1. The van der Waals surface area contributed by atoms with E-state index in [1.165, 1.54) is 23.8 Å². The molecule has 2 heterocycles. The number of nitrogens with one attached hydrogen (secondary N) is 3. The number of H-pyrrole nitrogens is 1. The van der Waals surface area contributed by atoms with Gasteiger partial charge in [-0.15, -0.1) is 0 Å². The Hall–Kier alpha value is -2.68. The fourth-order valence-electron chi connectivity index (χ4n) is 4.46. The van der Waals surface area contributed by atoms with Crippen molar-refractivity contribution >= 4 is 35.1 Å². The molecular weight excluding hydrogens is 414 g/mol. The van der Waals surface area contributed by atoms with Crippen molar-refractivity contribution in [3.63, 3.8) is 0 Å². The van der Waals surface area contributed by atoms with Gasteiger partial charge in [0.1, 0.15) is 0 Å². The van der Waals surface area contributed by atoms with Crippen LogP contribution in [-0.2, 0) is 7.05 Å². The topological polar surface area (TPSA) is 99.2 Å². The molecule has 1 saturated heterocycles. The molecule has 0 unspecified atom stereocenters. The number of likely N-dealkylation sites (tertiary alicyclic amines) is 1. The van der Waals surface area contributed by atoms with Crippen molar-refractivity contribution in [1.29, 1.82) is 0 Å². The molecule has 1 saturated carbocycles. The van der Waals surface area contributed by atoms with Crippen LogP contribution in [0.3, 0.4) is 0 Å². The quantitative estimate of drug-likeness (QED) is 0.635. The summed E-state index contributed by atoms with van der Waals surface area (Å²) in [7, 11) is 1.61. The molecule has 2 aliphatic rings. The molecule has 0 radical (unpaired) electrons. The van der Waals surface area contributed by atoms with Crippen LogP contribution in [0.2, 0.25) is 0 Å². The van der Waals surface area contributed by atoms with E-state index in [9.17, 15) is 14.4 Å². The Kier molecular flexibility index (Phi) is 6.41. The first-order valence-corrected chi connectivity index (χ1v) is 11.4. The third-order valence-corrected chi connectivity index (χ3v) is 6.79. The van der Waals surface area contributed by atoms with Crippen molar-refractivity contribution < 1.29 is 9.59 Å². The van der Waals surface area contributed by atoms with Gasteiger partial charge in [0.25, 0.3) is 11.5 Å². The summed E-state index contributed by atoms with van der Waals surface area (Å²) in [5.41, 5.74) is 0.836. The summed E-state index contributed by atoms with van der Waals surface area (Å²) in [5, 5.41) is 6.71. The second-order valence-electron chi connectivity index (χ2n) is 8.57. The molecule has 3 N–H and O–H groups in total. The number of hydrogen-bond donors (Lipinski definition) is 3. The Bertz CT molecular complexity index is 1090. The minimum Gasteiger partial charge on any atom is -0.349 e. The van der Waals surface area contributed by atoms with Crippen LogP contribution in [0.25, 0.3) is 10.9 Å². The van der Waals surface area contributed by atoms with E-state index in [1.54, 1.807) is 25.2 Å². The first kappa shape index (κ1) is 21.5. The summed E-state index contributed by atoms with van der Waals surface area (Å²) in [6, 6.07) is 5.30. The van der Waals surface area contributed by atoms with Crippen molar-refractivity contribution in [3.8, 4) is 0 Å². The normalized spacial score (nSPS) is 18.2. The largest absolute Gasteiger partial charge is 0.349 e. The number of benzene rings is 1. The Labute approximate surface area is 186 Å². The fourth-order valence-corrected chi connectivity index (χ4v) is 4.65. The molecule has 1 aliphatic heterocycles. The van der Waals surface area contributed by atoms with E-state index in [-0.39, 0.29) is 23.5 Å². The molecule has 31 heavy (non-hydrogen) atoms. The summed E-state index contributed by atoms with van der Waals surface area (Å²) < 4.78 is 1.68. The highest BCUT2D eigenvalue weighted by Gasteiger charge is 2.26. The number of rotatable bonds is 3. The molecule has 166 valence electrons. The standard InChI is InChI=1S/C22H29N5O3S/c1-26-20(29)17-8-7-14(13-18(17)25-22(26)31)19(28)23-16-9-11-27(12-10-16)21(30)24-15-5-3-2-4-6-15/h7-8,13,15-16H,2-6,9-12H2,1H3,(H,23,28)(H,24,30)(H,25,31). The Morgan fingerprint density at radius 1 is 1.03 bits per heavy atom. The van der Waals surface area contributed by atoms with Crippen molar-refractivity contribution in [1.82, 2.24) is 25.1 Å². The molecule has 1 aliphatic carbocycles. The number of piperidine rings is 1. The van der Waals surface area contributed by atoms with E-state index in [1.807, 2.05) is 4.90 Å². The van der Waals surface area contributed by atoms with Gasteiger partial charge in [0, 0.05) is 37.8 Å². The average molecular weight is 444 g/mol. The third kappa shape index (κ3) is 4.81. The lowest BCUT2D eigenvalue weighted by Gasteiger charge is -2.34. The first-order chi connectivity index (χ1) is 14.9. The second-order valence-corrected chi connectivity index (χ2v) is 8.96. The van der Waals surface area contributed by atoms with Crippen molar-refractivity contribution in [2.45, 2.75) is 57.0 Å². The van der Waals surface area contributed by atoms with Gasteiger partial charge in [-0.2, -0.15) is 0 Å². The molecule has 1 aromatic heterocycles. The van der Waals surface area contributed by atoms with Crippen LogP contribution in [0.5, 0.6) is 0 Å². The van der Waals surface area contributed by atoms with Gasteiger partial charge in [-0.1, -0.05) is 19.3 Å². The molecular formula is C22H29N5O3S. The van der Waals surface area contributed by atoms with E-state index >= 15 is 0 Å². The lowest BCUT2D eigenvalue weighted by atomic mass is 9.95. The number of carbonyl (C=O) groups is 2. The minimum absolute atomic E-state index is 0.0167. The van der Waals surface area contributed by atoms with E-state index in [0.717, 1.165) is 25.7 Å². The van der Waals surface area contributed by atoms with E-state index in [4.69, 9.17) is 12.2 Å². The minimum atomic E-state index is -0.190. The molecule has 0 atom stereocenters. The zero-order valence-corrected chi connectivity index (χ0v) is 18.6. The maximum Gasteiger partial charge on any atom is 0.317 e. The number of hydrogen-bond acceptors (Lipinski definition) is 4. The van der Waals surface area contributed by atoms with Crippen LogP contribution in [0, 0.1) is 4.77 Å². The molecule has 0 spiro atoms. The van der Waals surface area contributed by atoms with Crippen LogP contribution >= 0.6 is 12.2 Å². The lowest BCUT2D eigenvalue weighted by molar-refractivity contribution is 0.0917. The molecule has 8 nitrogen and oxygen atoms in total. The Morgan fingerprint density at radius 3 is 2.42 bits per heavy atom. The average Bonchev–Trinajstić information content (AvgIpc) is 2.78. The maximum absolute atomic E-state index is 12.7. The fraction of sp³-hybridized carbons (Fsp3) is 0.545. The van der Waals surface area contributed by atoms with Gasteiger partial charge < -0.3 is 20.5 Å². The van der Waals surface area contributed by atoms with Gasteiger partial charge in [-0.3, -0.25) is 14.2 Å². The van der Waals surface area contributed by atoms with E-state index in [0.29, 0.717) is 40.4 Å². The smallest absolute Gasteiger partial charge is 0.317 e. The van der Waals surface area contributed by atoms with Crippen LogP contribution < -0.4 is 16.2 Å². The number of nitrogens with zero attached hydrogens (tertiary/aromatic N) is 2.